The Balaban J connectivity index is 2.08. The lowest BCUT2D eigenvalue weighted by Crippen LogP contribution is -1.97. The van der Waals surface area contributed by atoms with E-state index in [2.05, 4.69) is 88.7 Å². The van der Waals surface area contributed by atoms with Crippen LogP contribution in [0.1, 0.15) is 22.3 Å². The number of benzene rings is 4. The zero-order chi connectivity index (χ0) is 19.3. The van der Waals surface area contributed by atoms with Gasteiger partial charge in [-0.1, -0.05) is 101 Å². The van der Waals surface area contributed by atoms with Crippen molar-refractivity contribution in [3.05, 3.63) is 136 Å². The van der Waals surface area contributed by atoms with Gasteiger partial charge in [-0.05, 0) is 57.7 Å². The molecule has 0 bridgehead atoms. The number of phenolic OH excluding ortho intramolecular Hbond substituents is 1. The number of aromatic hydroxyl groups is 1. The minimum absolute atomic E-state index is 0.265. The van der Waals surface area contributed by atoms with Gasteiger partial charge in [0.15, 0.2) is 0 Å². The highest BCUT2D eigenvalue weighted by molar-refractivity contribution is 9.10. The summed E-state index contributed by atoms with van der Waals surface area (Å²) < 4.78 is 1.05. The summed E-state index contributed by atoms with van der Waals surface area (Å²) in [6.45, 7) is 0. The van der Waals surface area contributed by atoms with E-state index in [1.165, 1.54) is 0 Å². The van der Waals surface area contributed by atoms with Crippen molar-refractivity contribution in [2.75, 3.05) is 0 Å². The van der Waals surface area contributed by atoms with E-state index in [0.717, 1.165) is 37.9 Å². The standard InChI is InChI=1S/C26H19BrO/c27-23-15-11-21(12-16-23)25(19-7-3-1-4-8-19)26(20-9-5-2-6-10-20)22-13-17-24(28)18-14-22/h1-18,28H. The molecule has 0 aliphatic carbocycles. The van der Waals surface area contributed by atoms with Crippen molar-refractivity contribution in [1.82, 2.24) is 0 Å². The van der Waals surface area contributed by atoms with E-state index in [4.69, 9.17) is 0 Å². The van der Waals surface area contributed by atoms with Crippen LogP contribution in [-0.2, 0) is 0 Å². The predicted molar refractivity (Wildman–Crippen MR) is 120 cm³/mol. The summed E-state index contributed by atoms with van der Waals surface area (Å²) in [5, 5.41) is 9.79. The van der Waals surface area contributed by atoms with Crippen molar-refractivity contribution < 1.29 is 5.11 Å². The molecule has 0 aromatic heterocycles. The second-order valence-electron chi connectivity index (χ2n) is 6.54. The molecular formula is C26H19BrO. The molecule has 1 nitrogen and oxygen atoms in total. The Hall–Kier alpha value is -3.10. The minimum atomic E-state index is 0.265. The van der Waals surface area contributed by atoms with Gasteiger partial charge in [0.25, 0.3) is 0 Å². The van der Waals surface area contributed by atoms with Crippen molar-refractivity contribution in [3.8, 4) is 5.75 Å². The lowest BCUT2D eigenvalue weighted by atomic mass is 9.86. The van der Waals surface area contributed by atoms with Gasteiger partial charge in [0.1, 0.15) is 5.75 Å². The highest BCUT2D eigenvalue weighted by atomic mass is 79.9. The molecule has 28 heavy (non-hydrogen) atoms. The molecule has 0 heterocycles. The van der Waals surface area contributed by atoms with Crippen LogP contribution in [0, 0.1) is 0 Å². The highest BCUT2D eigenvalue weighted by Gasteiger charge is 2.16. The fraction of sp³-hybridized carbons (Fsp3) is 0. The highest BCUT2D eigenvalue weighted by Crippen LogP contribution is 2.37. The largest absolute Gasteiger partial charge is 0.508 e. The van der Waals surface area contributed by atoms with Crippen LogP contribution >= 0.6 is 15.9 Å². The van der Waals surface area contributed by atoms with Crippen molar-refractivity contribution in [3.63, 3.8) is 0 Å². The summed E-state index contributed by atoms with van der Waals surface area (Å²) in [6, 6.07) is 36.7. The van der Waals surface area contributed by atoms with E-state index >= 15 is 0 Å². The molecule has 0 fully saturated rings. The maximum Gasteiger partial charge on any atom is 0.115 e. The Bertz CT molecular complexity index is 990. The number of rotatable bonds is 4. The molecular weight excluding hydrogens is 408 g/mol. The third-order valence-electron chi connectivity index (χ3n) is 4.66. The van der Waals surface area contributed by atoms with Gasteiger partial charge in [-0.25, -0.2) is 0 Å². The molecule has 0 amide bonds. The molecule has 0 aliphatic heterocycles. The second-order valence-corrected chi connectivity index (χ2v) is 7.45. The van der Waals surface area contributed by atoms with Gasteiger partial charge in [-0.15, -0.1) is 0 Å². The van der Waals surface area contributed by atoms with Crippen molar-refractivity contribution in [2.45, 2.75) is 0 Å². The molecule has 136 valence electrons. The fourth-order valence-corrected chi connectivity index (χ4v) is 3.63. The summed E-state index contributed by atoms with van der Waals surface area (Å²) in [5.74, 6) is 0.265. The zero-order valence-corrected chi connectivity index (χ0v) is 16.8. The van der Waals surface area contributed by atoms with E-state index in [-0.39, 0.29) is 5.75 Å². The van der Waals surface area contributed by atoms with Gasteiger partial charge in [0.05, 0.1) is 0 Å². The van der Waals surface area contributed by atoms with Crippen molar-refractivity contribution in [1.29, 1.82) is 0 Å². The SMILES string of the molecule is Oc1ccc(C(=C(c2ccccc2)c2ccc(Br)cc2)c2ccccc2)cc1. The average Bonchev–Trinajstić information content (AvgIpc) is 2.75. The predicted octanol–water partition coefficient (Wildman–Crippen LogP) is 7.16. The Labute approximate surface area is 173 Å². The molecule has 2 heteroatoms. The van der Waals surface area contributed by atoms with Gasteiger partial charge in [0.2, 0.25) is 0 Å². The molecule has 0 saturated carbocycles. The van der Waals surface area contributed by atoms with Crippen LogP contribution < -0.4 is 0 Å². The van der Waals surface area contributed by atoms with Crippen LogP contribution in [0.2, 0.25) is 0 Å². The van der Waals surface area contributed by atoms with Gasteiger partial charge in [-0.2, -0.15) is 0 Å². The third-order valence-corrected chi connectivity index (χ3v) is 5.19. The molecule has 4 aromatic rings. The molecule has 0 unspecified atom stereocenters. The van der Waals surface area contributed by atoms with Gasteiger partial charge >= 0.3 is 0 Å². The summed E-state index contributed by atoms with van der Waals surface area (Å²) >= 11 is 3.54. The molecule has 4 aromatic carbocycles. The minimum Gasteiger partial charge on any atom is -0.508 e. The lowest BCUT2D eigenvalue weighted by Gasteiger charge is -2.18. The second kappa shape index (κ2) is 8.28. The van der Waals surface area contributed by atoms with E-state index in [9.17, 15) is 5.11 Å². The number of halogens is 1. The van der Waals surface area contributed by atoms with Crippen molar-refractivity contribution in [2.24, 2.45) is 0 Å². The first-order valence-corrected chi connectivity index (χ1v) is 9.92. The fourth-order valence-electron chi connectivity index (χ4n) is 3.36. The van der Waals surface area contributed by atoms with Gasteiger partial charge in [-0.3, -0.25) is 0 Å². The average molecular weight is 427 g/mol. The topological polar surface area (TPSA) is 20.2 Å². The first-order valence-electron chi connectivity index (χ1n) is 9.13. The first kappa shape index (κ1) is 18.3. The summed E-state index contributed by atoms with van der Waals surface area (Å²) in [6.07, 6.45) is 0. The molecule has 0 spiro atoms. The molecule has 0 aliphatic rings. The molecule has 1 N–H and O–H groups in total. The summed E-state index contributed by atoms with van der Waals surface area (Å²) in [4.78, 5) is 0. The van der Waals surface area contributed by atoms with Gasteiger partial charge < -0.3 is 5.11 Å². The van der Waals surface area contributed by atoms with Crippen LogP contribution in [0.25, 0.3) is 11.1 Å². The van der Waals surface area contributed by atoms with Gasteiger partial charge in [0, 0.05) is 4.47 Å². The monoisotopic (exact) mass is 426 g/mol. The van der Waals surface area contributed by atoms with Crippen LogP contribution in [0.5, 0.6) is 5.75 Å². The zero-order valence-electron chi connectivity index (χ0n) is 15.2. The Morgan fingerprint density at radius 3 is 1.25 bits per heavy atom. The number of phenols is 1. The van der Waals surface area contributed by atoms with E-state index in [0.29, 0.717) is 0 Å². The van der Waals surface area contributed by atoms with Crippen LogP contribution in [0.3, 0.4) is 0 Å². The first-order chi connectivity index (χ1) is 13.7. The van der Waals surface area contributed by atoms with Crippen LogP contribution in [-0.4, -0.2) is 5.11 Å². The summed E-state index contributed by atoms with van der Waals surface area (Å²) in [7, 11) is 0. The lowest BCUT2D eigenvalue weighted by molar-refractivity contribution is 0.475. The normalized spacial score (nSPS) is 11.8. The van der Waals surface area contributed by atoms with E-state index in [1.54, 1.807) is 12.1 Å². The Morgan fingerprint density at radius 1 is 0.464 bits per heavy atom. The Kier molecular flexibility index (Phi) is 5.41. The third kappa shape index (κ3) is 3.92. The van der Waals surface area contributed by atoms with Crippen molar-refractivity contribution >= 4 is 27.1 Å². The molecule has 0 atom stereocenters. The molecule has 4 rings (SSSR count). The van der Waals surface area contributed by atoms with E-state index < -0.39 is 0 Å². The van der Waals surface area contributed by atoms with E-state index in [1.807, 2.05) is 24.3 Å². The van der Waals surface area contributed by atoms with Crippen LogP contribution in [0.15, 0.2) is 114 Å². The number of hydrogen-bond acceptors (Lipinski definition) is 1. The Morgan fingerprint density at radius 2 is 0.821 bits per heavy atom. The quantitative estimate of drug-likeness (QED) is 0.343. The molecule has 0 radical (unpaired) electrons. The molecule has 0 saturated heterocycles. The smallest absolute Gasteiger partial charge is 0.115 e. The maximum absolute atomic E-state index is 9.79. The maximum atomic E-state index is 9.79. The number of hydrogen-bond donors (Lipinski definition) is 1. The van der Waals surface area contributed by atoms with Crippen LogP contribution in [0.4, 0.5) is 0 Å². The summed E-state index contributed by atoms with van der Waals surface area (Å²) in [5.41, 5.74) is 6.78.